The maximum absolute atomic E-state index is 12.5. The van der Waals surface area contributed by atoms with Crippen molar-refractivity contribution in [2.75, 3.05) is 13.1 Å². The molecule has 0 unspecified atom stereocenters. The van der Waals surface area contributed by atoms with E-state index in [1.165, 1.54) is 19.3 Å². The Morgan fingerprint density at radius 1 is 0.913 bits per heavy atom. The van der Waals surface area contributed by atoms with Gasteiger partial charge in [-0.2, -0.15) is 0 Å². The maximum atomic E-state index is 12.5. The van der Waals surface area contributed by atoms with Gasteiger partial charge in [0.05, 0.1) is 0 Å². The first kappa shape index (κ1) is 16.7. The summed E-state index contributed by atoms with van der Waals surface area (Å²) in [7, 11) is 0. The van der Waals surface area contributed by atoms with Gasteiger partial charge in [-0.3, -0.25) is 9.59 Å². The van der Waals surface area contributed by atoms with Crippen LogP contribution < -0.4 is 5.32 Å². The first-order chi connectivity index (χ1) is 11.1. The third-order valence-electron chi connectivity index (χ3n) is 5.95. The molecule has 0 spiro atoms. The molecule has 5 nitrogen and oxygen atoms in total. The monoisotopic (exact) mass is 322 g/mol. The van der Waals surface area contributed by atoms with E-state index in [1.807, 2.05) is 4.90 Å². The molecule has 2 N–H and O–H groups in total. The van der Waals surface area contributed by atoms with Gasteiger partial charge in [-0.15, -0.1) is 0 Å². The first-order valence-electron chi connectivity index (χ1n) is 9.41. The number of aliphatic hydroxyl groups is 1. The minimum Gasteiger partial charge on any atom is -0.380 e. The average molecular weight is 322 g/mol. The van der Waals surface area contributed by atoms with Crippen LogP contribution in [0.1, 0.15) is 70.6 Å². The van der Waals surface area contributed by atoms with Crippen molar-refractivity contribution < 1.29 is 14.7 Å². The van der Waals surface area contributed by atoms with Crippen molar-refractivity contribution in [1.29, 1.82) is 0 Å². The lowest BCUT2D eigenvalue weighted by Gasteiger charge is -2.36. The molecular formula is C18H30N2O3. The zero-order valence-corrected chi connectivity index (χ0v) is 14.1. The van der Waals surface area contributed by atoms with Crippen molar-refractivity contribution in [2.45, 2.75) is 82.3 Å². The average Bonchev–Trinajstić information content (AvgIpc) is 3.04. The quantitative estimate of drug-likeness (QED) is 0.835. The van der Waals surface area contributed by atoms with E-state index in [9.17, 15) is 14.7 Å². The molecule has 3 fully saturated rings. The van der Waals surface area contributed by atoms with Crippen molar-refractivity contribution >= 4 is 11.8 Å². The van der Waals surface area contributed by atoms with Crippen LogP contribution in [0.3, 0.4) is 0 Å². The van der Waals surface area contributed by atoms with Gasteiger partial charge in [0.15, 0.2) is 0 Å². The summed E-state index contributed by atoms with van der Waals surface area (Å²) < 4.78 is 0. The minimum atomic E-state index is -1.14. The Morgan fingerprint density at radius 3 is 2.13 bits per heavy atom. The number of rotatable bonds is 3. The van der Waals surface area contributed by atoms with Gasteiger partial charge in [-0.25, -0.2) is 0 Å². The predicted molar refractivity (Wildman–Crippen MR) is 87.7 cm³/mol. The lowest BCUT2D eigenvalue weighted by molar-refractivity contribution is -0.141. The molecule has 2 amide bonds. The summed E-state index contributed by atoms with van der Waals surface area (Å²) in [5, 5.41) is 13.3. The molecule has 0 aromatic rings. The Balaban J connectivity index is 1.44. The molecule has 0 radical (unpaired) electrons. The van der Waals surface area contributed by atoms with Crippen LogP contribution in [0.15, 0.2) is 0 Å². The molecule has 0 aromatic carbocycles. The van der Waals surface area contributed by atoms with Crippen LogP contribution in [0.5, 0.6) is 0 Å². The minimum absolute atomic E-state index is 0.0996. The van der Waals surface area contributed by atoms with Gasteiger partial charge in [-0.05, 0) is 51.4 Å². The summed E-state index contributed by atoms with van der Waals surface area (Å²) in [4.78, 5) is 26.8. The molecule has 1 aliphatic heterocycles. The van der Waals surface area contributed by atoms with Crippen molar-refractivity contribution in [3.8, 4) is 0 Å². The Morgan fingerprint density at radius 2 is 1.52 bits per heavy atom. The van der Waals surface area contributed by atoms with E-state index in [2.05, 4.69) is 5.32 Å². The second kappa shape index (κ2) is 7.20. The number of carbonyl (C=O) groups is 2. The highest BCUT2D eigenvalue weighted by atomic mass is 16.3. The van der Waals surface area contributed by atoms with Crippen LogP contribution in [-0.2, 0) is 9.59 Å². The van der Waals surface area contributed by atoms with Gasteiger partial charge in [0.25, 0.3) is 5.91 Å². The number of hydrogen-bond donors (Lipinski definition) is 2. The van der Waals surface area contributed by atoms with E-state index in [0.717, 1.165) is 51.6 Å². The smallest absolute Gasteiger partial charge is 0.252 e. The lowest BCUT2D eigenvalue weighted by atomic mass is 9.87. The highest BCUT2D eigenvalue weighted by molar-refractivity contribution is 5.85. The summed E-state index contributed by atoms with van der Waals surface area (Å²) in [6.07, 6.45) is 10.3. The van der Waals surface area contributed by atoms with E-state index >= 15 is 0 Å². The summed E-state index contributed by atoms with van der Waals surface area (Å²) in [6.45, 7) is 1.47. The van der Waals surface area contributed by atoms with Crippen LogP contribution in [-0.4, -0.2) is 46.6 Å². The van der Waals surface area contributed by atoms with Gasteiger partial charge in [0, 0.05) is 25.0 Å². The van der Waals surface area contributed by atoms with E-state index in [0.29, 0.717) is 18.7 Å². The van der Waals surface area contributed by atoms with Crippen molar-refractivity contribution in [3.63, 3.8) is 0 Å². The number of likely N-dealkylation sites (tertiary alicyclic amines) is 1. The first-order valence-corrected chi connectivity index (χ1v) is 9.41. The highest BCUT2D eigenvalue weighted by Gasteiger charge is 2.40. The molecule has 2 saturated carbocycles. The highest BCUT2D eigenvalue weighted by Crippen LogP contribution is 2.30. The molecule has 1 heterocycles. The van der Waals surface area contributed by atoms with Crippen LogP contribution >= 0.6 is 0 Å². The number of piperidine rings is 1. The Hall–Kier alpha value is -1.10. The number of amides is 2. The second-order valence-electron chi connectivity index (χ2n) is 7.65. The fraction of sp³-hybridized carbons (Fsp3) is 0.889. The number of carbonyl (C=O) groups excluding carboxylic acids is 2. The van der Waals surface area contributed by atoms with E-state index in [1.54, 1.807) is 0 Å². The third kappa shape index (κ3) is 3.87. The van der Waals surface area contributed by atoms with E-state index in [4.69, 9.17) is 0 Å². The molecule has 23 heavy (non-hydrogen) atoms. The fourth-order valence-electron chi connectivity index (χ4n) is 4.36. The van der Waals surface area contributed by atoms with E-state index < -0.39 is 5.60 Å². The normalized spacial score (nSPS) is 26.2. The third-order valence-corrected chi connectivity index (χ3v) is 5.95. The molecular weight excluding hydrogens is 292 g/mol. The number of hydrogen-bond acceptors (Lipinski definition) is 3. The zero-order chi connectivity index (χ0) is 16.3. The van der Waals surface area contributed by atoms with Gasteiger partial charge >= 0.3 is 0 Å². The lowest BCUT2D eigenvalue weighted by Crippen LogP contribution is -2.53. The van der Waals surface area contributed by atoms with Crippen molar-refractivity contribution in [1.82, 2.24) is 10.2 Å². The standard InChI is InChI=1S/C18H30N2O3/c21-16(14-6-2-1-3-7-14)20-12-8-15(9-13-20)19-17(22)18(23)10-4-5-11-18/h14-15,23H,1-13H2,(H,19,22). The molecule has 0 atom stereocenters. The summed E-state index contributed by atoms with van der Waals surface area (Å²) >= 11 is 0. The SMILES string of the molecule is O=C(C1CCCCC1)N1CCC(NC(=O)C2(O)CCCC2)CC1. The number of nitrogens with zero attached hydrogens (tertiary/aromatic N) is 1. The van der Waals surface area contributed by atoms with Gasteiger partial charge in [-0.1, -0.05) is 19.3 Å². The van der Waals surface area contributed by atoms with Crippen LogP contribution in [0, 0.1) is 5.92 Å². The van der Waals surface area contributed by atoms with Gasteiger partial charge in [0.1, 0.15) is 5.60 Å². The fourth-order valence-corrected chi connectivity index (χ4v) is 4.36. The molecule has 0 bridgehead atoms. The Kier molecular flexibility index (Phi) is 5.24. The predicted octanol–water partition coefficient (Wildman–Crippen LogP) is 1.98. The Bertz CT molecular complexity index is 432. The van der Waals surface area contributed by atoms with Gasteiger partial charge < -0.3 is 15.3 Å². The van der Waals surface area contributed by atoms with Crippen LogP contribution in [0.2, 0.25) is 0 Å². The van der Waals surface area contributed by atoms with Crippen LogP contribution in [0.25, 0.3) is 0 Å². The van der Waals surface area contributed by atoms with Crippen molar-refractivity contribution in [3.05, 3.63) is 0 Å². The second-order valence-corrected chi connectivity index (χ2v) is 7.65. The molecule has 1 saturated heterocycles. The molecule has 130 valence electrons. The molecule has 0 aromatic heterocycles. The summed E-state index contributed by atoms with van der Waals surface area (Å²) in [6, 6.07) is 0.0996. The zero-order valence-electron chi connectivity index (χ0n) is 14.1. The molecule has 5 heteroatoms. The van der Waals surface area contributed by atoms with E-state index in [-0.39, 0.29) is 17.9 Å². The summed E-state index contributed by atoms with van der Waals surface area (Å²) in [5.74, 6) is 0.352. The van der Waals surface area contributed by atoms with Crippen molar-refractivity contribution in [2.24, 2.45) is 5.92 Å². The molecule has 3 rings (SSSR count). The van der Waals surface area contributed by atoms with Crippen LogP contribution in [0.4, 0.5) is 0 Å². The summed E-state index contributed by atoms with van der Waals surface area (Å²) in [5.41, 5.74) is -1.14. The molecule has 2 aliphatic carbocycles. The number of nitrogens with one attached hydrogen (secondary N) is 1. The maximum Gasteiger partial charge on any atom is 0.252 e. The topological polar surface area (TPSA) is 69.6 Å². The largest absolute Gasteiger partial charge is 0.380 e. The Labute approximate surface area is 138 Å². The molecule has 3 aliphatic rings. The van der Waals surface area contributed by atoms with Gasteiger partial charge in [0.2, 0.25) is 5.91 Å².